The Morgan fingerprint density at radius 1 is 0.769 bits per heavy atom. The van der Waals surface area contributed by atoms with Gasteiger partial charge in [-0.15, -0.1) is 0 Å². The van der Waals surface area contributed by atoms with Gasteiger partial charge in [0.25, 0.3) is 0 Å². The molecule has 2 unspecified atom stereocenters. The Balaban J connectivity index is 4.33. The molecule has 3 amide bonds. The van der Waals surface area contributed by atoms with Crippen molar-refractivity contribution in [2.75, 3.05) is 100 Å². The van der Waals surface area contributed by atoms with Crippen molar-refractivity contribution in [1.82, 2.24) is 16.0 Å². The van der Waals surface area contributed by atoms with E-state index in [-0.39, 0.29) is 65.2 Å². The van der Waals surface area contributed by atoms with Gasteiger partial charge >= 0.3 is 12.2 Å². The highest BCUT2D eigenvalue weighted by molar-refractivity contribution is 7.50. The minimum Gasteiger partial charge on any atom is -0.779 e. The minimum atomic E-state index is -3.78. The zero-order chi connectivity index (χ0) is 29.2. The summed E-state index contributed by atoms with van der Waals surface area (Å²) >= 11 is 0. The summed E-state index contributed by atoms with van der Waals surface area (Å²) in [5.74, 6) is -0.246. The second-order valence-electron chi connectivity index (χ2n) is 7.86. The Bertz CT molecular complexity index is 696. The average Bonchev–Trinajstić information content (AvgIpc) is 2.88. The van der Waals surface area contributed by atoms with E-state index in [1.54, 1.807) is 7.11 Å². The van der Waals surface area contributed by atoms with Crippen molar-refractivity contribution in [3.05, 3.63) is 0 Å². The van der Waals surface area contributed by atoms with Crippen molar-refractivity contribution in [3.8, 4) is 0 Å². The number of nitrogens with one attached hydrogen (secondary N) is 3. The third kappa shape index (κ3) is 27.3. The predicted molar refractivity (Wildman–Crippen MR) is 135 cm³/mol. The van der Waals surface area contributed by atoms with Crippen LogP contribution in [0.4, 0.5) is 9.59 Å². The second kappa shape index (κ2) is 25.0. The average molecular weight is 589 g/mol. The van der Waals surface area contributed by atoms with Gasteiger partial charge in [0.1, 0.15) is 33.6 Å². The minimum absolute atomic E-state index is 0.0103. The highest BCUT2D eigenvalue weighted by Crippen LogP contribution is 2.30. The number of rotatable bonds is 25. The molecular weight excluding hydrogens is 545 g/mol. The molecule has 230 valence electrons. The number of hydrogen-bond donors (Lipinski definition) is 3. The van der Waals surface area contributed by atoms with Crippen molar-refractivity contribution >= 4 is 25.7 Å². The number of methoxy groups -OCH3 is 2. The first-order chi connectivity index (χ1) is 18.7. The number of hydrogen-bond acceptors (Lipinski definition) is 13. The predicted octanol–water partition coefficient (Wildman–Crippen LogP) is -0.406. The standard InChI is InChI=1S/C22H44N3O13P/c1-31-12-14-33-11-8-24-21(27)36-16-19(17-37-22(28)25-18-34-15-13-32-2)35-9-4-6-20(26)23-7-5-10-38-39(3,29)30/h19H,4-18H2,1-3H3,(H,23,26)(H,24,27)(H,25,28)(H,29,30)/p-1. The quantitative estimate of drug-likeness (QED) is 0.0707. The van der Waals surface area contributed by atoms with Gasteiger partial charge in [-0.05, 0) is 12.8 Å². The number of carbonyl (C=O) groups is 3. The molecule has 16 nitrogen and oxygen atoms in total. The molecule has 3 N–H and O–H groups in total. The summed E-state index contributed by atoms with van der Waals surface area (Å²) in [5, 5.41) is 7.56. The highest BCUT2D eigenvalue weighted by atomic mass is 31.2. The molecule has 0 spiro atoms. The van der Waals surface area contributed by atoms with E-state index in [1.807, 2.05) is 0 Å². The maximum Gasteiger partial charge on any atom is 0.409 e. The maximum atomic E-state index is 11.9. The van der Waals surface area contributed by atoms with Crippen molar-refractivity contribution in [3.63, 3.8) is 0 Å². The van der Waals surface area contributed by atoms with Gasteiger partial charge < -0.3 is 57.8 Å². The molecule has 0 aliphatic carbocycles. The molecule has 0 saturated carbocycles. The van der Waals surface area contributed by atoms with Crippen LogP contribution in [0, 0.1) is 0 Å². The molecule has 0 aliphatic rings. The Morgan fingerprint density at radius 3 is 2.05 bits per heavy atom. The zero-order valence-electron chi connectivity index (χ0n) is 22.9. The second-order valence-corrected chi connectivity index (χ2v) is 9.66. The van der Waals surface area contributed by atoms with Crippen LogP contribution in [0.2, 0.25) is 0 Å². The summed E-state index contributed by atoms with van der Waals surface area (Å²) in [4.78, 5) is 46.6. The molecule has 0 aromatic carbocycles. The number of ether oxygens (including phenoxy) is 7. The molecule has 0 bridgehead atoms. The van der Waals surface area contributed by atoms with Gasteiger partial charge in [-0.2, -0.15) is 0 Å². The summed E-state index contributed by atoms with van der Waals surface area (Å²) in [7, 11) is -0.697. The maximum absolute atomic E-state index is 11.9. The lowest BCUT2D eigenvalue weighted by Crippen LogP contribution is -2.35. The summed E-state index contributed by atoms with van der Waals surface area (Å²) < 4.78 is 51.4. The molecule has 0 rings (SSSR count). The molecule has 0 aliphatic heterocycles. The van der Waals surface area contributed by atoms with Gasteiger partial charge in [-0.3, -0.25) is 10.1 Å². The van der Waals surface area contributed by atoms with Crippen LogP contribution in [-0.4, -0.2) is 124 Å². The third-order valence-corrected chi connectivity index (χ3v) is 5.02. The van der Waals surface area contributed by atoms with Crippen LogP contribution in [0.25, 0.3) is 0 Å². The molecule has 0 aromatic heterocycles. The van der Waals surface area contributed by atoms with Gasteiger partial charge in [0.2, 0.25) is 5.91 Å². The fourth-order valence-corrected chi connectivity index (χ4v) is 2.94. The van der Waals surface area contributed by atoms with Crippen LogP contribution >= 0.6 is 7.60 Å². The first-order valence-electron chi connectivity index (χ1n) is 12.4. The molecule has 0 heterocycles. The van der Waals surface area contributed by atoms with Crippen molar-refractivity contribution in [2.24, 2.45) is 0 Å². The van der Waals surface area contributed by atoms with Crippen LogP contribution in [0.5, 0.6) is 0 Å². The van der Waals surface area contributed by atoms with E-state index in [0.717, 1.165) is 6.66 Å². The molecule has 2 atom stereocenters. The lowest BCUT2D eigenvalue weighted by Gasteiger charge is -2.18. The van der Waals surface area contributed by atoms with E-state index in [9.17, 15) is 23.8 Å². The van der Waals surface area contributed by atoms with Crippen LogP contribution < -0.4 is 20.8 Å². The highest BCUT2D eigenvalue weighted by Gasteiger charge is 2.16. The Morgan fingerprint density at radius 2 is 1.41 bits per heavy atom. The first-order valence-corrected chi connectivity index (χ1v) is 14.4. The molecule has 0 aromatic rings. The lowest BCUT2D eigenvalue weighted by molar-refractivity contribution is -0.196. The first kappa shape index (κ1) is 37.0. The van der Waals surface area contributed by atoms with E-state index in [0.29, 0.717) is 39.3 Å². The summed E-state index contributed by atoms with van der Waals surface area (Å²) in [6.45, 7) is 2.88. The van der Waals surface area contributed by atoms with E-state index in [4.69, 9.17) is 33.2 Å². The monoisotopic (exact) mass is 588 g/mol. The van der Waals surface area contributed by atoms with Crippen molar-refractivity contribution < 1.29 is 61.5 Å². The van der Waals surface area contributed by atoms with Gasteiger partial charge in [0, 0.05) is 47.0 Å². The molecule has 0 fully saturated rings. The molecule has 0 saturated heterocycles. The normalized spacial score (nSPS) is 13.2. The fourth-order valence-electron chi connectivity index (χ4n) is 2.48. The topological polar surface area (TPSA) is 201 Å². The van der Waals surface area contributed by atoms with Crippen LogP contribution in [0.15, 0.2) is 0 Å². The molecule has 39 heavy (non-hydrogen) atoms. The van der Waals surface area contributed by atoms with Gasteiger partial charge in [-0.25, -0.2) is 9.59 Å². The summed E-state index contributed by atoms with van der Waals surface area (Å²) in [6.07, 6.45) is -1.40. The van der Waals surface area contributed by atoms with E-state index in [2.05, 4.69) is 20.5 Å². The van der Waals surface area contributed by atoms with E-state index in [1.165, 1.54) is 7.11 Å². The molecule has 17 heteroatoms. The molecule has 0 radical (unpaired) electrons. The Labute approximate surface area is 229 Å². The number of carbonyl (C=O) groups excluding carboxylic acids is 3. The van der Waals surface area contributed by atoms with Gasteiger partial charge in [0.05, 0.1) is 39.6 Å². The van der Waals surface area contributed by atoms with Crippen LogP contribution in [0.1, 0.15) is 19.3 Å². The van der Waals surface area contributed by atoms with Crippen molar-refractivity contribution in [1.29, 1.82) is 0 Å². The SMILES string of the molecule is COCCOCCNC(=O)OCC(COC(=O)NCOCCOC)OCCCC(=O)NCCCOP(C)(=O)[O-]. The van der Waals surface area contributed by atoms with E-state index < -0.39 is 25.9 Å². The lowest BCUT2D eigenvalue weighted by atomic mass is 10.3. The Kier molecular flexibility index (Phi) is 23.7. The van der Waals surface area contributed by atoms with Gasteiger partial charge in [-0.1, -0.05) is 0 Å². The largest absolute Gasteiger partial charge is 0.779 e. The number of alkyl carbamates (subject to hydrolysis) is 2. The Hall–Kier alpha value is -2.04. The van der Waals surface area contributed by atoms with Crippen molar-refractivity contribution in [2.45, 2.75) is 25.4 Å². The summed E-state index contributed by atoms with van der Waals surface area (Å²) in [6, 6.07) is 0. The zero-order valence-corrected chi connectivity index (χ0v) is 23.8. The smallest absolute Gasteiger partial charge is 0.409 e. The van der Waals surface area contributed by atoms with Crippen LogP contribution in [0.3, 0.4) is 0 Å². The number of amides is 3. The fraction of sp³-hybridized carbons (Fsp3) is 0.864. The summed E-state index contributed by atoms with van der Waals surface area (Å²) in [5.41, 5.74) is 0. The van der Waals surface area contributed by atoms with E-state index >= 15 is 0 Å². The van der Waals surface area contributed by atoms with Crippen LogP contribution in [-0.2, 0) is 47.0 Å². The third-order valence-electron chi connectivity index (χ3n) is 4.37. The van der Waals surface area contributed by atoms with Gasteiger partial charge in [0.15, 0.2) is 0 Å². The molecular formula is C22H43N3O13P-.